The van der Waals surface area contributed by atoms with Gasteiger partial charge in [0.05, 0.1) is 24.7 Å². The van der Waals surface area contributed by atoms with Crippen molar-refractivity contribution in [1.82, 2.24) is 5.43 Å². The molecule has 0 spiro atoms. The number of amides is 1. The first kappa shape index (κ1) is 24.7. The molecule has 0 bridgehead atoms. The van der Waals surface area contributed by atoms with E-state index in [0.717, 1.165) is 23.1 Å². The van der Waals surface area contributed by atoms with Crippen LogP contribution in [0.1, 0.15) is 21.5 Å². The maximum absolute atomic E-state index is 12.5. The number of rotatable bonds is 9. The van der Waals surface area contributed by atoms with Crippen molar-refractivity contribution in [3.63, 3.8) is 0 Å². The minimum Gasteiger partial charge on any atom is -0.457 e. The minimum atomic E-state index is -3.52. The van der Waals surface area contributed by atoms with Gasteiger partial charge >= 0.3 is 0 Å². The number of hydrazone groups is 1. The van der Waals surface area contributed by atoms with Gasteiger partial charge in [-0.1, -0.05) is 60.7 Å². The number of nitrogens with one attached hydrogen (secondary N) is 1. The quantitative estimate of drug-likeness (QED) is 0.253. The average molecular weight is 500 g/mol. The van der Waals surface area contributed by atoms with E-state index in [1.807, 2.05) is 84.9 Å². The van der Waals surface area contributed by atoms with Crippen molar-refractivity contribution in [1.29, 1.82) is 0 Å². The molecular weight excluding hydrogens is 474 g/mol. The lowest BCUT2D eigenvalue weighted by Gasteiger charge is -2.22. The summed E-state index contributed by atoms with van der Waals surface area (Å²) in [6, 6.07) is 32.4. The summed E-state index contributed by atoms with van der Waals surface area (Å²) >= 11 is 0. The van der Waals surface area contributed by atoms with Crippen LogP contribution in [0.15, 0.2) is 114 Å². The fourth-order valence-corrected chi connectivity index (χ4v) is 4.33. The molecule has 4 aromatic carbocycles. The fourth-order valence-electron chi connectivity index (χ4n) is 3.44. The molecule has 0 saturated heterocycles. The Morgan fingerprint density at radius 1 is 0.861 bits per heavy atom. The Hall–Kier alpha value is -4.43. The lowest BCUT2D eigenvalue weighted by atomic mass is 10.2. The molecular formula is C28H25N3O4S. The van der Waals surface area contributed by atoms with E-state index in [4.69, 9.17) is 4.74 Å². The summed E-state index contributed by atoms with van der Waals surface area (Å²) < 4.78 is 31.9. The summed E-state index contributed by atoms with van der Waals surface area (Å²) in [5, 5.41) is 4.03. The van der Waals surface area contributed by atoms with Crippen LogP contribution in [0.2, 0.25) is 0 Å². The predicted octanol–water partition coefficient (Wildman–Crippen LogP) is 5.21. The van der Waals surface area contributed by atoms with E-state index >= 15 is 0 Å². The number of nitrogens with zero attached hydrogens (tertiary/aromatic N) is 2. The molecule has 0 aliphatic heterocycles. The molecule has 36 heavy (non-hydrogen) atoms. The van der Waals surface area contributed by atoms with Gasteiger partial charge in [0.25, 0.3) is 5.91 Å². The van der Waals surface area contributed by atoms with Gasteiger partial charge in [-0.3, -0.25) is 9.10 Å². The van der Waals surface area contributed by atoms with Gasteiger partial charge in [0.1, 0.15) is 11.5 Å². The number of para-hydroxylation sites is 1. The summed E-state index contributed by atoms with van der Waals surface area (Å²) in [4.78, 5) is 12.5. The zero-order chi connectivity index (χ0) is 25.4. The number of hydrogen-bond acceptors (Lipinski definition) is 5. The Kier molecular flexibility index (Phi) is 7.77. The third-order valence-electron chi connectivity index (χ3n) is 5.20. The van der Waals surface area contributed by atoms with Gasteiger partial charge in [-0.2, -0.15) is 5.10 Å². The largest absolute Gasteiger partial charge is 0.457 e. The van der Waals surface area contributed by atoms with Crippen molar-refractivity contribution in [3.8, 4) is 11.5 Å². The smallest absolute Gasteiger partial charge is 0.271 e. The van der Waals surface area contributed by atoms with Crippen molar-refractivity contribution in [2.24, 2.45) is 5.10 Å². The average Bonchev–Trinajstić information content (AvgIpc) is 2.88. The summed E-state index contributed by atoms with van der Waals surface area (Å²) in [6.45, 7) is 0.197. The number of ether oxygens (including phenoxy) is 1. The van der Waals surface area contributed by atoms with Crippen molar-refractivity contribution in [3.05, 3.63) is 126 Å². The molecule has 8 heteroatoms. The third kappa shape index (κ3) is 6.80. The van der Waals surface area contributed by atoms with Crippen molar-refractivity contribution in [2.45, 2.75) is 6.54 Å². The molecule has 0 heterocycles. The second-order valence-corrected chi connectivity index (χ2v) is 9.90. The molecule has 0 aromatic heterocycles. The van der Waals surface area contributed by atoms with Crippen LogP contribution >= 0.6 is 0 Å². The van der Waals surface area contributed by atoms with E-state index in [1.165, 1.54) is 10.5 Å². The molecule has 0 radical (unpaired) electrons. The molecule has 0 unspecified atom stereocenters. The Labute approximate surface area is 210 Å². The Bertz CT molecular complexity index is 1440. The molecule has 0 aliphatic rings. The first-order valence-electron chi connectivity index (χ1n) is 11.2. The third-order valence-corrected chi connectivity index (χ3v) is 6.34. The zero-order valence-corrected chi connectivity index (χ0v) is 20.4. The highest BCUT2D eigenvalue weighted by Crippen LogP contribution is 2.22. The Morgan fingerprint density at radius 3 is 2.17 bits per heavy atom. The van der Waals surface area contributed by atoms with Gasteiger partial charge in [0.2, 0.25) is 10.0 Å². The van der Waals surface area contributed by atoms with Crippen molar-refractivity contribution < 1.29 is 17.9 Å². The van der Waals surface area contributed by atoms with Crippen LogP contribution in [0.3, 0.4) is 0 Å². The highest BCUT2D eigenvalue weighted by atomic mass is 32.2. The van der Waals surface area contributed by atoms with Crippen LogP contribution in [-0.2, 0) is 16.6 Å². The fraction of sp³-hybridized carbons (Fsp3) is 0.0714. The summed E-state index contributed by atoms with van der Waals surface area (Å²) in [5.74, 6) is 0.961. The number of carbonyl (C=O) groups excluding carboxylic acids is 1. The molecule has 0 fully saturated rings. The molecule has 4 aromatic rings. The highest BCUT2D eigenvalue weighted by molar-refractivity contribution is 7.92. The monoisotopic (exact) mass is 499 g/mol. The predicted molar refractivity (Wildman–Crippen MR) is 142 cm³/mol. The van der Waals surface area contributed by atoms with Gasteiger partial charge in [-0.05, 0) is 59.7 Å². The number of anilines is 1. The molecule has 182 valence electrons. The van der Waals surface area contributed by atoms with E-state index in [1.54, 1.807) is 24.3 Å². The summed E-state index contributed by atoms with van der Waals surface area (Å²) in [5.41, 5.74) is 4.93. The lowest BCUT2D eigenvalue weighted by Crippen LogP contribution is -2.29. The van der Waals surface area contributed by atoms with Gasteiger partial charge in [0.15, 0.2) is 0 Å². The first-order chi connectivity index (χ1) is 17.4. The van der Waals surface area contributed by atoms with E-state index in [-0.39, 0.29) is 6.54 Å². The summed E-state index contributed by atoms with van der Waals surface area (Å²) in [7, 11) is -3.52. The molecule has 1 amide bonds. The summed E-state index contributed by atoms with van der Waals surface area (Å²) in [6.07, 6.45) is 2.68. The van der Waals surface area contributed by atoms with Crippen molar-refractivity contribution >= 4 is 27.8 Å². The molecule has 1 N–H and O–H groups in total. The van der Waals surface area contributed by atoms with Crippen LogP contribution in [-0.4, -0.2) is 26.8 Å². The van der Waals surface area contributed by atoms with Crippen molar-refractivity contribution in [2.75, 3.05) is 10.6 Å². The maximum atomic E-state index is 12.5. The van der Waals surface area contributed by atoms with E-state index in [9.17, 15) is 13.2 Å². The van der Waals surface area contributed by atoms with Crippen LogP contribution in [0.4, 0.5) is 5.69 Å². The SMILES string of the molecule is CS(=O)(=O)N(Cc1ccccc1)c1ccc(C(=O)N/N=C\c2cccc(Oc3ccccc3)c2)cc1. The molecule has 0 atom stereocenters. The van der Waals surface area contributed by atoms with Gasteiger partial charge < -0.3 is 4.74 Å². The minimum absolute atomic E-state index is 0.197. The van der Waals surface area contributed by atoms with Crippen LogP contribution < -0.4 is 14.5 Å². The molecule has 7 nitrogen and oxygen atoms in total. The normalized spacial score (nSPS) is 11.2. The Morgan fingerprint density at radius 2 is 1.50 bits per heavy atom. The number of benzene rings is 4. The number of hydrogen-bond donors (Lipinski definition) is 1. The highest BCUT2D eigenvalue weighted by Gasteiger charge is 2.18. The first-order valence-corrected chi connectivity index (χ1v) is 13.0. The van der Waals surface area contributed by atoms with Crippen LogP contribution in [0.25, 0.3) is 0 Å². The number of sulfonamides is 1. The van der Waals surface area contributed by atoms with E-state index in [2.05, 4.69) is 10.5 Å². The maximum Gasteiger partial charge on any atom is 0.271 e. The second kappa shape index (κ2) is 11.3. The zero-order valence-electron chi connectivity index (χ0n) is 19.6. The lowest BCUT2D eigenvalue weighted by molar-refractivity contribution is 0.0955. The second-order valence-electron chi connectivity index (χ2n) is 7.99. The van der Waals surface area contributed by atoms with E-state index < -0.39 is 15.9 Å². The topological polar surface area (TPSA) is 88.1 Å². The molecule has 0 saturated carbocycles. The molecule has 4 rings (SSSR count). The standard InChI is InChI=1S/C28H25N3O4S/c1-36(33,34)31(21-22-9-4-2-5-10-22)25-17-15-24(16-18-25)28(32)30-29-20-23-11-8-14-27(19-23)35-26-12-6-3-7-13-26/h2-20H,21H2,1H3,(H,30,32)/b29-20-. The van der Waals surface area contributed by atoms with Gasteiger partial charge in [0, 0.05) is 5.56 Å². The van der Waals surface area contributed by atoms with E-state index in [0.29, 0.717) is 17.0 Å². The van der Waals surface area contributed by atoms with Crippen LogP contribution in [0.5, 0.6) is 11.5 Å². The number of carbonyl (C=O) groups is 1. The van der Waals surface area contributed by atoms with Crippen LogP contribution in [0, 0.1) is 0 Å². The van der Waals surface area contributed by atoms with Gasteiger partial charge in [-0.15, -0.1) is 0 Å². The van der Waals surface area contributed by atoms with Gasteiger partial charge in [-0.25, -0.2) is 13.8 Å². The molecule has 0 aliphatic carbocycles. The Balaban J connectivity index is 1.40.